The van der Waals surface area contributed by atoms with Crippen LogP contribution in [-0.4, -0.2) is 47.7 Å². The highest BCUT2D eigenvalue weighted by atomic mass is 16.6. The summed E-state index contributed by atoms with van der Waals surface area (Å²) in [7, 11) is 0. The number of nitrogens with one attached hydrogen (secondary N) is 1. The first-order valence-electron chi connectivity index (χ1n) is 12.0. The molecule has 3 aromatic rings. The highest BCUT2D eigenvalue weighted by Crippen LogP contribution is 2.31. The Morgan fingerprint density at radius 1 is 0.943 bits per heavy atom. The summed E-state index contributed by atoms with van der Waals surface area (Å²) in [6.07, 6.45) is 0.568. The number of hydrogen-bond acceptors (Lipinski definition) is 5. The van der Waals surface area contributed by atoms with Crippen LogP contribution in [0.1, 0.15) is 35.6 Å². The van der Waals surface area contributed by atoms with Crippen LogP contribution in [0.2, 0.25) is 0 Å². The fourth-order valence-electron chi connectivity index (χ4n) is 4.84. The molecule has 0 aromatic heterocycles. The van der Waals surface area contributed by atoms with Crippen molar-refractivity contribution in [1.82, 2.24) is 4.90 Å². The third-order valence-electron chi connectivity index (χ3n) is 6.71. The number of benzene rings is 3. The monoisotopic (exact) mass is 471 g/mol. The maximum Gasteiger partial charge on any atom is 0.414 e. The Bertz CT molecular complexity index is 1170. The van der Waals surface area contributed by atoms with E-state index in [2.05, 4.69) is 10.2 Å². The van der Waals surface area contributed by atoms with E-state index in [9.17, 15) is 14.7 Å². The Labute approximate surface area is 204 Å². The number of likely N-dealkylation sites (tertiary alicyclic amines) is 1. The number of aliphatic hydroxyl groups is 1. The van der Waals surface area contributed by atoms with Crippen molar-refractivity contribution in [2.45, 2.75) is 31.6 Å². The van der Waals surface area contributed by atoms with Crippen molar-refractivity contribution in [3.63, 3.8) is 0 Å². The molecule has 1 unspecified atom stereocenters. The summed E-state index contributed by atoms with van der Waals surface area (Å²) in [4.78, 5) is 29.0. The number of nitrogens with zero attached hydrogens (tertiary/aromatic N) is 2. The number of amides is 2. The fraction of sp³-hybridized carbons (Fsp3) is 0.286. The molecule has 0 aliphatic carbocycles. The average Bonchev–Trinajstić information content (AvgIpc) is 2.90. The minimum Gasteiger partial charge on any atom is -0.444 e. The van der Waals surface area contributed by atoms with Gasteiger partial charge < -0.3 is 15.2 Å². The molecule has 2 N–H and O–H groups in total. The lowest BCUT2D eigenvalue weighted by Crippen LogP contribution is -2.50. The topological polar surface area (TPSA) is 82.1 Å². The maximum absolute atomic E-state index is 12.6. The molecule has 0 radical (unpaired) electrons. The molecule has 35 heavy (non-hydrogen) atoms. The van der Waals surface area contributed by atoms with Gasteiger partial charge in [-0.05, 0) is 42.2 Å². The number of hydrogen-bond donors (Lipinski definition) is 2. The van der Waals surface area contributed by atoms with Crippen LogP contribution >= 0.6 is 0 Å². The second-order valence-electron chi connectivity index (χ2n) is 9.04. The molecule has 7 heteroatoms. The van der Waals surface area contributed by atoms with Crippen molar-refractivity contribution < 1.29 is 19.4 Å². The third kappa shape index (κ3) is 5.21. The van der Waals surface area contributed by atoms with Crippen LogP contribution in [0, 0.1) is 0 Å². The van der Waals surface area contributed by atoms with E-state index in [1.165, 1.54) is 0 Å². The van der Waals surface area contributed by atoms with Gasteiger partial charge in [0.2, 0.25) is 5.91 Å². The number of piperidine rings is 1. The van der Waals surface area contributed by atoms with Crippen molar-refractivity contribution in [2.24, 2.45) is 0 Å². The number of para-hydroxylation sites is 1. The van der Waals surface area contributed by atoms with Crippen molar-refractivity contribution in [2.75, 3.05) is 29.9 Å². The van der Waals surface area contributed by atoms with E-state index in [4.69, 9.17) is 4.74 Å². The Morgan fingerprint density at radius 3 is 2.34 bits per heavy atom. The lowest BCUT2D eigenvalue weighted by molar-refractivity contribution is -0.117. The fourth-order valence-corrected chi connectivity index (χ4v) is 4.84. The number of aliphatic hydroxyl groups excluding tert-OH is 1. The van der Waals surface area contributed by atoms with Crippen molar-refractivity contribution in [3.05, 3.63) is 95.6 Å². The van der Waals surface area contributed by atoms with E-state index in [0.717, 1.165) is 48.3 Å². The van der Waals surface area contributed by atoms with Gasteiger partial charge in [-0.2, -0.15) is 0 Å². The predicted molar refractivity (Wildman–Crippen MR) is 134 cm³/mol. The lowest BCUT2D eigenvalue weighted by atomic mass is 10.0. The van der Waals surface area contributed by atoms with E-state index in [1.807, 2.05) is 78.9 Å². The van der Waals surface area contributed by atoms with Crippen LogP contribution in [0.4, 0.5) is 16.2 Å². The predicted octanol–water partition coefficient (Wildman–Crippen LogP) is 4.33. The zero-order valence-corrected chi connectivity index (χ0v) is 19.5. The Kier molecular flexibility index (Phi) is 6.79. The minimum absolute atomic E-state index is 0.0619. The Morgan fingerprint density at radius 2 is 1.60 bits per heavy atom. The van der Waals surface area contributed by atoms with E-state index in [0.29, 0.717) is 18.8 Å². The van der Waals surface area contributed by atoms with Gasteiger partial charge in [0.25, 0.3) is 0 Å². The molecule has 1 atom stereocenters. The molecule has 2 amide bonds. The summed E-state index contributed by atoms with van der Waals surface area (Å²) >= 11 is 0. The van der Waals surface area contributed by atoms with Crippen LogP contribution in [0.25, 0.3) is 0 Å². The van der Waals surface area contributed by atoms with Gasteiger partial charge in [0.05, 0.1) is 12.2 Å². The summed E-state index contributed by atoms with van der Waals surface area (Å²) in [6, 6.07) is 24.7. The van der Waals surface area contributed by atoms with Gasteiger partial charge in [-0.15, -0.1) is 0 Å². The second kappa shape index (κ2) is 10.3. The molecular formula is C28H29N3O4. The number of cyclic esters (lactones) is 1. The summed E-state index contributed by atoms with van der Waals surface area (Å²) in [5.74, 6) is -0.0810. The Hall–Kier alpha value is -3.68. The number of carbonyl (C=O) groups excluding carboxylic acids is 2. The number of anilines is 2. The molecule has 0 spiro atoms. The largest absolute Gasteiger partial charge is 0.444 e. The van der Waals surface area contributed by atoms with Gasteiger partial charge in [-0.3, -0.25) is 14.6 Å². The first-order chi connectivity index (χ1) is 17.1. The summed E-state index contributed by atoms with van der Waals surface area (Å²) in [5, 5.41) is 13.5. The van der Waals surface area contributed by atoms with Crippen molar-refractivity contribution in [3.8, 4) is 0 Å². The second-order valence-corrected chi connectivity index (χ2v) is 9.04. The molecule has 2 aliphatic heterocycles. The summed E-state index contributed by atoms with van der Waals surface area (Å²) in [5.41, 5.74) is 4.25. The summed E-state index contributed by atoms with van der Waals surface area (Å²) in [6.45, 7) is 2.07. The molecule has 2 aliphatic rings. The normalized spacial score (nSPS) is 17.4. The van der Waals surface area contributed by atoms with Crippen LogP contribution in [-0.2, 0) is 16.1 Å². The van der Waals surface area contributed by atoms with Crippen molar-refractivity contribution in [1.29, 1.82) is 0 Å². The van der Waals surface area contributed by atoms with Gasteiger partial charge in [-0.25, -0.2) is 4.79 Å². The smallest absolute Gasteiger partial charge is 0.414 e. The van der Waals surface area contributed by atoms with E-state index >= 15 is 0 Å². The number of fused-ring (bicyclic) bond motifs is 1. The quantitative estimate of drug-likeness (QED) is 0.559. The van der Waals surface area contributed by atoms with E-state index in [-0.39, 0.29) is 18.0 Å². The van der Waals surface area contributed by atoms with Crippen LogP contribution in [0.5, 0.6) is 0 Å². The Balaban J connectivity index is 1.13. The highest BCUT2D eigenvalue weighted by molar-refractivity contribution is 5.92. The van der Waals surface area contributed by atoms with E-state index < -0.39 is 6.10 Å². The number of ether oxygens (including phenoxy) is 1. The molecule has 1 fully saturated rings. The third-order valence-corrected chi connectivity index (χ3v) is 6.71. The van der Waals surface area contributed by atoms with Gasteiger partial charge in [0, 0.05) is 30.4 Å². The van der Waals surface area contributed by atoms with Crippen LogP contribution < -0.4 is 10.2 Å². The molecule has 3 aromatic carbocycles. The van der Waals surface area contributed by atoms with Gasteiger partial charge in [0.1, 0.15) is 12.7 Å². The van der Waals surface area contributed by atoms with Crippen LogP contribution in [0.15, 0.2) is 78.9 Å². The standard InChI is InChI=1S/C28H29N3O4/c32-26(29-23-12-10-21(11-13-23)27(33)20-6-2-1-3-7-20)18-30-16-14-24(15-17-30)31-25-9-5-4-8-22(25)19-35-28(31)34/h1-13,24,27,33H,14-19H2,(H,29,32). The molecule has 5 rings (SSSR count). The van der Waals surface area contributed by atoms with Crippen molar-refractivity contribution >= 4 is 23.4 Å². The number of rotatable bonds is 6. The van der Waals surface area contributed by atoms with Crippen LogP contribution in [0.3, 0.4) is 0 Å². The number of carbonyl (C=O) groups is 2. The molecule has 1 saturated heterocycles. The average molecular weight is 472 g/mol. The lowest BCUT2D eigenvalue weighted by Gasteiger charge is -2.40. The van der Waals surface area contributed by atoms with Gasteiger partial charge in [0.15, 0.2) is 0 Å². The molecule has 0 saturated carbocycles. The van der Waals surface area contributed by atoms with Gasteiger partial charge in [-0.1, -0.05) is 60.7 Å². The zero-order chi connectivity index (χ0) is 24.2. The minimum atomic E-state index is -0.702. The SMILES string of the molecule is O=C(CN1CCC(N2C(=O)OCc3ccccc32)CC1)Nc1ccc(C(O)c2ccccc2)cc1. The first-order valence-corrected chi connectivity index (χ1v) is 12.0. The molecule has 0 bridgehead atoms. The highest BCUT2D eigenvalue weighted by Gasteiger charge is 2.34. The first kappa shape index (κ1) is 23.1. The van der Waals surface area contributed by atoms with E-state index in [1.54, 1.807) is 4.90 Å². The summed E-state index contributed by atoms with van der Waals surface area (Å²) < 4.78 is 5.37. The maximum atomic E-state index is 12.6. The molecule has 2 heterocycles. The van der Waals surface area contributed by atoms with Gasteiger partial charge >= 0.3 is 6.09 Å². The zero-order valence-electron chi connectivity index (χ0n) is 19.5. The molecular weight excluding hydrogens is 442 g/mol. The molecule has 180 valence electrons. The molecule has 7 nitrogen and oxygen atoms in total.